The van der Waals surface area contributed by atoms with E-state index in [1.807, 2.05) is 60.9 Å². The van der Waals surface area contributed by atoms with Crippen LogP contribution in [0.1, 0.15) is 28.1 Å². The highest BCUT2D eigenvalue weighted by molar-refractivity contribution is 7.99. The Hall–Kier alpha value is -3.09. The van der Waals surface area contributed by atoms with Gasteiger partial charge in [-0.15, -0.1) is 10.2 Å². The monoisotopic (exact) mass is 476 g/mol. The third-order valence-electron chi connectivity index (χ3n) is 5.26. The zero-order chi connectivity index (χ0) is 23.4. The van der Waals surface area contributed by atoms with Crippen LogP contribution in [0.25, 0.3) is 5.69 Å². The SMILES string of the molecule is Cc1cc(C)c(NC(=O)CSc2nnc(Cc3ccccc3)n2-c2ccc(Cl)cc2)c(C)c1. The summed E-state index contributed by atoms with van der Waals surface area (Å²) < 4.78 is 1.99. The molecule has 0 aliphatic rings. The van der Waals surface area contributed by atoms with Crippen LogP contribution in [0.4, 0.5) is 5.69 Å². The van der Waals surface area contributed by atoms with Gasteiger partial charge in [-0.05, 0) is 61.7 Å². The number of rotatable bonds is 7. The highest BCUT2D eigenvalue weighted by Crippen LogP contribution is 2.26. The van der Waals surface area contributed by atoms with Crippen molar-refractivity contribution in [3.8, 4) is 5.69 Å². The summed E-state index contributed by atoms with van der Waals surface area (Å²) >= 11 is 7.46. The number of hydrogen-bond acceptors (Lipinski definition) is 4. The third kappa shape index (κ3) is 5.64. The zero-order valence-electron chi connectivity index (χ0n) is 18.8. The molecule has 0 saturated carbocycles. The smallest absolute Gasteiger partial charge is 0.234 e. The van der Waals surface area contributed by atoms with Gasteiger partial charge in [-0.3, -0.25) is 9.36 Å². The number of thioether (sulfide) groups is 1. The van der Waals surface area contributed by atoms with E-state index in [2.05, 4.69) is 46.7 Å². The zero-order valence-corrected chi connectivity index (χ0v) is 20.4. The molecule has 0 bridgehead atoms. The van der Waals surface area contributed by atoms with Crippen LogP contribution in [-0.2, 0) is 11.2 Å². The Balaban J connectivity index is 1.56. The molecule has 0 atom stereocenters. The fourth-order valence-electron chi connectivity index (χ4n) is 3.82. The van der Waals surface area contributed by atoms with E-state index in [0.29, 0.717) is 16.6 Å². The van der Waals surface area contributed by atoms with E-state index in [1.54, 1.807) is 0 Å². The summed E-state index contributed by atoms with van der Waals surface area (Å²) in [5.74, 6) is 0.950. The van der Waals surface area contributed by atoms with Crippen LogP contribution in [0.3, 0.4) is 0 Å². The summed E-state index contributed by atoms with van der Waals surface area (Å²) in [4.78, 5) is 12.8. The van der Waals surface area contributed by atoms with Gasteiger partial charge in [-0.25, -0.2) is 0 Å². The largest absolute Gasteiger partial charge is 0.325 e. The van der Waals surface area contributed by atoms with Crippen molar-refractivity contribution >= 4 is 35.0 Å². The fourth-order valence-corrected chi connectivity index (χ4v) is 4.72. The minimum absolute atomic E-state index is 0.0784. The number of halogens is 1. The average Bonchev–Trinajstić information content (AvgIpc) is 3.18. The number of hydrogen-bond donors (Lipinski definition) is 1. The Morgan fingerprint density at radius 3 is 2.30 bits per heavy atom. The molecule has 0 saturated heterocycles. The Labute approximate surface area is 203 Å². The molecule has 7 heteroatoms. The van der Waals surface area contributed by atoms with Crippen molar-refractivity contribution in [1.82, 2.24) is 14.8 Å². The maximum Gasteiger partial charge on any atom is 0.234 e. The van der Waals surface area contributed by atoms with Crippen molar-refractivity contribution in [1.29, 1.82) is 0 Å². The van der Waals surface area contributed by atoms with E-state index in [0.717, 1.165) is 33.9 Å². The second-order valence-corrected chi connectivity index (χ2v) is 9.36. The first-order valence-corrected chi connectivity index (χ1v) is 12.0. The molecule has 3 aromatic carbocycles. The molecule has 4 rings (SSSR count). The molecule has 0 aliphatic heterocycles. The molecule has 168 valence electrons. The quantitative estimate of drug-likeness (QED) is 0.324. The van der Waals surface area contributed by atoms with Crippen molar-refractivity contribution in [2.24, 2.45) is 0 Å². The van der Waals surface area contributed by atoms with Crippen LogP contribution >= 0.6 is 23.4 Å². The molecule has 5 nitrogen and oxygen atoms in total. The summed E-state index contributed by atoms with van der Waals surface area (Å²) in [7, 11) is 0. The molecule has 0 fully saturated rings. The van der Waals surface area contributed by atoms with Crippen LogP contribution in [0.5, 0.6) is 0 Å². The summed E-state index contributed by atoms with van der Waals surface area (Å²) in [6, 6.07) is 21.8. The second-order valence-electron chi connectivity index (χ2n) is 7.98. The highest BCUT2D eigenvalue weighted by Gasteiger charge is 2.17. The van der Waals surface area contributed by atoms with Crippen LogP contribution in [0.15, 0.2) is 71.9 Å². The van der Waals surface area contributed by atoms with Gasteiger partial charge in [-0.1, -0.05) is 71.4 Å². The van der Waals surface area contributed by atoms with Crippen LogP contribution < -0.4 is 5.32 Å². The van der Waals surface area contributed by atoms with Gasteiger partial charge in [0.2, 0.25) is 5.91 Å². The van der Waals surface area contributed by atoms with E-state index in [1.165, 1.54) is 17.3 Å². The van der Waals surface area contributed by atoms with Gasteiger partial charge in [0.1, 0.15) is 5.82 Å². The van der Waals surface area contributed by atoms with E-state index < -0.39 is 0 Å². The minimum atomic E-state index is -0.0784. The molecule has 33 heavy (non-hydrogen) atoms. The van der Waals surface area contributed by atoms with Crippen molar-refractivity contribution in [2.75, 3.05) is 11.1 Å². The van der Waals surface area contributed by atoms with Gasteiger partial charge >= 0.3 is 0 Å². The molecule has 0 unspecified atom stereocenters. The first kappa shape index (κ1) is 23.1. The number of aryl methyl sites for hydroxylation is 3. The molecular formula is C26H25ClN4OS. The van der Waals surface area contributed by atoms with E-state index in [4.69, 9.17) is 11.6 Å². The Bertz CT molecular complexity index is 1250. The van der Waals surface area contributed by atoms with Gasteiger partial charge < -0.3 is 5.32 Å². The molecule has 4 aromatic rings. The normalized spacial score (nSPS) is 10.9. The lowest BCUT2D eigenvalue weighted by Gasteiger charge is -2.13. The van der Waals surface area contributed by atoms with Crippen LogP contribution in [0.2, 0.25) is 5.02 Å². The van der Waals surface area contributed by atoms with Crippen molar-refractivity contribution in [3.63, 3.8) is 0 Å². The first-order chi connectivity index (χ1) is 15.9. The van der Waals surface area contributed by atoms with E-state index in [-0.39, 0.29) is 11.7 Å². The number of nitrogens with one attached hydrogen (secondary N) is 1. The predicted molar refractivity (Wildman–Crippen MR) is 136 cm³/mol. The van der Waals surface area contributed by atoms with Crippen molar-refractivity contribution < 1.29 is 4.79 Å². The maximum atomic E-state index is 12.8. The van der Waals surface area contributed by atoms with Gasteiger partial charge in [0.05, 0.1) is 5.75 Å². The molecule has 1 heterocycles. The minimum Gasteiger partial charge on any atom is -0.325 e. The van der Waals surface area contributed by atoms with Gasteiger partial charge in [-0.2, -0.15) is 0 Å². The number of carbonyl (C=O) groups excluding carboxylic acids is 1. The topological polar surface area (TPSA) is 59.8 Å². The van der Waals surface area contributed by atoms with Crippen LogP contribution in [0, 0.1) is 20.8 Å². The van der Waals surface area contributed by atoms with Gasteiger partial charge in [0.25, 0.3) is 0 Å². The Kier molecular flexibility index (Phi) is 7.16. The Morgan fingerprint density at radius 2 is 1.64 bits per heavy atom. The number of amides is 1. The summed E-state index contributed by atoms with van der Waals surface area (Å²) in [5.41, 5.74) is 6.21. The molecule has 1 N–H and O–H groups in total. The maximum absolute atomic E-state index is 12.8. The van der Waals surface area contributed by atoms with Gasteiger partial charge in [0.15, 0.2) is 5.16 Å². The summed E-state index contributed by atoms with van der Waals surface area (Å²) in [6.07, 6.45) is 0.630. The van der Waals surface area contributed by atoms with Crippen molar-refractivity contribution in [2.45, 2.75) is 32.3 Å². The number of benzene rings is 3. The number of nitrogens with zero attached hydrogens (tertiary/aromatic N) is 3. The van der Waals surface area contributed by atoms with Crippen LogP contribution in [-0.4, -0.2) is 26.4 Å². The molecule has 0 radical (unpaired) electrons. The highest BCUT2D eigenvalue weighted by atomic mass is 35.5. The lowest BCUT2D eigenvalue weighted by molar-refractivity contribution is -0.113. The number of aromatic nitrogens is 3. The molecule has 0 spiro atoms. The van der Waals surface area contributed by atoms with E-state index in [9.17, 15) is 4.79 Å². The third-order valence-corrected chi connectivity index (χ3v) is 6.45. The molecule has 1 amide bonds. The standard InChI is InChI=1S/C26H25ClN4OS/c1-17-13-18(2)25(19(3)14-17)28-24(32)16-33-26-30-29-23(15-20-7-5-4-6-8-20)31(26)22-11-9-21(27)10-12-22/h4-14H,15-16H2,1-3H3,(H,28,32). The number of carbonyl (C=O) groups is 1. The predicted octanol–water partition coefficient (Wildman–Crippen LogP) is 6.17. The second kappa shape index (κ2) is 10.2. The summed E-state index contributed by atoms with van der Waals surface area (Å²) in [6.45, 7) is 6.07. The van der Waals surface area contributed by atoms with Gasteiger partial charge in [0, 0.05) is 22.8 Å². The first-order valence-electron chi connectivity index (χ1n) is 10.7. The molecule has 0 aliphatic carbocycles. The van der Waals surface area contributed by atoms with E-state index >= 15 is 0 Å². The fraction of sp³-hybridized carbons (Fsp3) is 0.192. The average molecular weight is 477 g/mol. The number of anilines is 1. The lowest BCUT2D eigenvalue weighted by atomic mass is 10.1. The molecular weight excluding hydrogens is 452 g/mol. The summed E-state index contributed by atoms with van der Waals surface area (Å²) in [5, 5.41) is 13.2. The van der Waals surface area contributed by atoms with Crippen molar-refractivity contribution in [3.05, 3.63) is 99.8 Å². The Morgan fingerprint density at radius 1 is 0.970 bits per heavy atom. The molecule has 1 aromatic heterocycles. The lowest BCUT2D eigenvalue weighted by Crippen LogP contribution is -2.16.